The third-order valence-electron chi connectivity index (χ3n) is 2.48. The maximum absolute atomic E-state index is 9.56. The molecule has 1 aliphatic heterocycles. The van der Waals surface area contributed by atoms with E-state index in [0.29, 0.717) is 13.0 Å². The molecule has 13 heavy (non-hydrogen) atoms. The summed E-state index contributed by atoms with van der Waals surface area (Å²) in [6.45, 7) is 0.630. The molecule has 0 radical (unpaired) electrons. The van der Waals surface area contributed by atoms with Crippen molar-refractivity contribution in [3.05, 3.63) is 0 Å². The quantitative estimate of drug-likeness (QED) is 0.600. The maximum atomic E-state index is 9.56. The summed E-state index contributed by atoms with van der Waals surface area (Å²) in [7, 11) is 3.72. The first-order valence-electron chi connectivity index (χ1n) is 4.81. The average molecular weight is 188 g/mol. The van der Waals surface area contributed by atoms with Crippen molar-refractivity contribution in [2.45, 2.75) is 37.6 Å². The van der Waals surface area contributed by atoms with Crippen molar-refractivity contribution < 1.29 is 9.84 Å². The summed E-state index contributed by atoms with van der Waals surface area (Å²) >= 11 is 0. The van der Waals surface area contributed by atoms with Crippen LogP contribution in [0.5, 0.6) is 0 Å². The largest absolute Gasteiger partial charge is 0.378 e. The Morgan fingerprint density at radius 1 is 1.54 bits per heavy atom. The van der Waals surface area contributed by atoms with Crippen LogP contribution in [0.25, 0.3) is 0 Å². The summed E-state index contributed by atoms with van der Waals surface area (Å²) in [5.74, 6) is 0. The fourth-order valence-electron chi connectivity index (χ4n) is 1.46. The molecule has 0 amide bonds. The summed E-state index contributed by atoms with van der Waals surface area (Å²) in [5.41, 5.74) is 5.69. The number of hydrogen-bond donors (Lipinski definition) is 2. The Labute approximate surface area is 79.7 Å². The molecule has 4 heteroatoms. The highest BCUT2D eigenvalue weighted by atomic mass is 16.5. The first-order valence-corrected chi connectivity index (χ1v) is 4.81. The van der Waals surface area contributed by atoms with Crippen LogP contribution in [0.15, 0.2) is 0 Å². The minimum atomic E-state index is -0.403. The minimum absolute atomic E-state index is 0.178. The molecule has 0 aromatic rings. The van der Waals surface area contributed by atoms with Gasteiger partial charge >= 0.3 is 0 Å². The molecule has 1 aliphatic rings. The molecular formula is C9H20N2O2. The first-order chi connectivity index (χ1) is 6.09. The number of aliphatic hydroxyl groups is 1. The standard InChI is InChI=1S/C9H20N2O2/c1-11(2)9(12)5-8-4-3-7(10)6-13-8/h7-9,12H,3-6,10H2,1-2H3/t7-,8+,9?/m1/s1. The van der Waals surface area contributed by atoms with Crippen LogP contribution in [0.2, 0.25) is 0 Å². The molecule has 0 aliphatic carbocycles. The molecule has 1 unspecified atom stereocenters. The highest BCUT2D eigenvalue weighted by molar-refractivity contribution is 4.73. The molecule has 0 saturated carbocycles. The normalized spacial score (nSPS) is 32.1. The third-order valence-corrected chi connectivity index (χ3v) is 2.48. The Morgan fingerprint density at radius 2 is 2.23 bits per heavy atom. The van der Waals surface area contributed by atoms with E-state index in [1.807, 2.05) is 14.1 Å². The zero-order valence-electron chi connectivity index (χ0n) is 8.44. The van der Waals surface area contributed by atoms with Crippen molar-refractivity contribution >= 4 is 0 Å². The minimum Gasteiger partial charge on any atom is -0.378 e. The van der Waals surface area contributed by atoms with E-state index in [2.05, 4.69) is 0 Å². The fourth-order valence-corrected chi connectivity index (χ4v) is 1.46. The monoisotopic (exact) mass is 188 g/mol. The molecule has 3 N–H and O–H groups in total. The summed E-state index contributed by atoms with van der Waals surface area (Å²) < 4.78 is 5.50. The topological polar surface area (TPSA) is 58.7 Å². The van der Waals surface area contributed by atoms with E-state index >= 15 is 0 Å². The van der Waals surface area contributed by atoms with Gasteiger partial charge in [-0.2, -0.15) is 0 Å². The second-order valence-corrected chi connectivity index (χ2v) is 3.97. The Morgan fingerprint density at radius 3 is 2.69 bits per heavy atom. The average Bonchev–Trinajstić information content (AvgIpc) is 2.08. The zero-order chi connectivity index (χ0) is 9.84. The highest BCUT2D eigenvalue weighted by Gasteiger charge is 2.22. The molecule has 1 heterocycles. The van der Waals surface area contributed by atoms with Crippen LogP contribution < -0.4 is 5.73 Å². The van der Waals surface area contributed by atoms with Gasteiger partial charge in [0, 0.05) is 12.5 Å². The summed E-state index contributed by atoms with van der Waals surface area (Å²) in [6, 6.07) is 0.188. The van der Waals surface area contributed by atoms with Crippen molar-refractivity contribution in [3.8, 4) is 0 Å². The van der Waals surface area contributed by atoms with Crippen LogP contribution in [-0.2, 0) is 4.74 Å². The Hall–Kier alpha value is -0.160. The van der Waals surface area contributed by atoms with E-state index in [4.69, 9.17) is 10.5 Å². The van der Waals surface area contributed by atoms with Gasteiger partial charge in [-0.15, -0.1) is 0 Å². The number of nitrogens with two attached hydrogens (primary N) is 1. The zero-order valence-corrected chi connectivity index (χ0v) is 8.44. The second-order valence-electron chi connectivity index (χ2n) is 3.97. The predicted octanol–water partition coefficient (Wildman–Crippen LogP) is -0.237. The van der Waals surface area contributed by atoms with Crippen molar-refractivity contribution in [1.82, 2.24) is 4.90 Å². The summed E-state index contributed by atoms with van der Waals surface area (Å²) in [6.07, 6.45) is 2.42. The Balaban J connectivity index is 2.22. The second kappa shape index (κ2) is 4.91. The predicted molar refractivity (Wildman–Crippen MR) is 51.3 cm³/mol. The lowest BCUT2D eigenvalue weighted by molar-refractivity contribution is -0.0547. The number of rotatable bonds is 3. The Bertz CT molecular complexity index is 145. The number of aliphatic hydroxyl groups excluding tert-OH is 1. The lowest BCUT2D eigenvalue weighted by Crippen LogP contribution is -2.39. The van der Waals surface area contributed by atoms with Gasteiger partial charge < -0.3 is 15.6 Å². The van der Waals surface area contributed by atoms with Gasteiger partial charge in [0.15, 0.2) is 0 Å². The van der Waals surface area contributed by atoms with E-state index in [9.17, 15) is 5.11 Å². The van der Waals surface area contributed by atoms with Crippen LogP contribution in [0.3, 0.4) is 0 Å². The first kappa shape index (κ1) is 10.9. The molecule has 3 atom stereocenters. The molecule has 0 aromatic heterocycles. The van der Waals surface area contributed by atoms with Gasteiger partial charge in [0.1, 0.15) is 6.23 Å². The smallest absolute Gasteiger partial charge is 0.109 e. The molecule has 0 aromatic carbocycles. The molecule has 1 rings (SSSR count). The van der Waals surface area contributed by atoms with Gasteiger partial charge in [-0.1, -0.05) is 0 Å². The van der Waals surface area contributed by atoms with Crippen LogP contribution in [0, 0.1) is 0 Å². The van der Waals surface area contributed by atoms with Crippen LogP contribution in [0.4, 0.5) is 0 Å². The number of ether oxygens (including phenoxy) is 1. The fraction of sp³-hybridized carbons (Fsp3) is 1.00. The van der Waals surface area contributed by atoms with Crippen molar-refractivity contribution in [2.24, 2.45) is 5.73 Å². The number of hydrogen-bond acceptors (Lipinski definition) is 4. The molecule has 78 valence electrons. The van der Waals surface area contributed by atoms with Crippen molar-refractivity contribution in [2.75, 3.05) is 20.7 Å². The van der Waals surface area contributed by atoms with Gasteiger partial charge in [-0.05, 0) is 26.9 Å². The lowest BCUT2D eigenvalue weighted by Gasteiger charge is -2.30. The van der Waals surface area contributed by atoms with E-state index in [-0.39, 0.29) is 12.1 Å². The van der Waals surface area contributed by atoms with Gasteiger partial charge in [-0.25, -0.2) is 0 Å². The van der Waals surface area contributed by atoms with Gasteiger partial charge in [-0.3, -0.25) is 4.90 Å². The highest BCUT2D eigenvalue weighted by Crippen LogP contribution is 2.17. The molecular weight excluding hydrogens is 168 g/mol. The van der Waals surface area contributed by atoms with E-state index in [1.165, 1.54) is 0 Å². The lowest BCUT2D eigenvalue weighted by atomic mass is 10.0. The molecule has 4 nitrogen and oxygen atoms in total. The van der Waals surface area contributed by atoms with Gasteiger partial charge in [0.25, 0.3) is 0 Å². The van der Waals surface area contributed by atoms with Crippen LogP contribution in [-0.4, -0.2) is 49.1 Å². The van der Waals surface area contributed by atoms with Crippen LogP contribution in [0.1, 0.15) is 19.3 Å². The molecule has 0 spiro atoms. The number of nitrogens with zero attached hydrogens (tertiary/aromatic N) is 1. The maximum Gasteiger partial charge on any atom is 0.109 e. The van der Waals surface area contributed by atoms with E-state index in [0.717, 1.165) is 12.8 Å². The SMILES string of the molecule is CN(C)C(O)C[C@@H]1CC[C@@H](N)CO1. The van der Waals surface area contributed by atoms with Gasteiger partial charge in [0.2, 0.25) is 0 Å². The molecule has 1 fully saturated rings. The molecule has 1 saturated heterocycles. The molecule has 0 bridgehead atoms. The summed E-state index contributed by atoms with van der Waals surface area (Å²) in [4.78, 5) is 1.79. The van der Waals surface area contributed by atoms with E-state index < -0.39 is 6.23 Å². The van der Waals surface area contributed by atoms with Crippen LogP contribution >= 0.6 is 0 Å². The van der Waals surface area contributed by atoms with Crippen molar-refractivity contribution in [1.29, 1.82) is 0 Å². The van der Waals surface area contributed by atoms with E-state index in [1.54, 1.807) is 4.90 Å². The summed E-state index contributed by atoms with van der Waals surface area (Å²) in [5, 5.41) is 9.56. The van der Waals surface area contributed by atoms with Crippen molar-refractivity contribution in [3.63, 3.8) is 0 Å². The third kappa shape index (κ3) is 3.60. The van der Waals surface area contributed by atoms with Gasteiger partial charge in [0.05, 0.1) is 12.7 Å². The Kier molecular flexibility index (Phi) is 4.12.